The standard InChI is InChI=1S/C8H7N.C5H13NO2S/c1-2-4-8-7(3-1)5-6-9-8;1-2-3-4-5-9(6,7)8/h1-6,9H;2-5H2,1H3,(H2,6,7,8). The second kappa shape index (κ2) is 7.18. The Kier molecular flexibility index (Phi) is 5.88. The molecule has 100 valence electrons. The van der Waals surface area contributed by atoms with Gasteiger partial charge in [0.05, 0.1) is 5.75 Å². The van der Waals surface area contributed by atoms with E-state index in [-0.39, 0.29) is 5.75 Å². The Bertz CT molecular complexity index is 531. The molecule has 2 aromatic rings. The van der Waals surface area contributed by atoms with Crippen molar-refractivity contribution in [1.29, 1.82) is 0 Å². The molecule has 18 heavy (non-hydrogen) atoms. The number of hydrogen-bond donors (Lipinski definition) is 2. The molecule has 5 heteroatoms. The maximum absolute atomic E-state index is 10.3. The number of aromatic amines is 1. The summed E-state index contributed by atoms with van der Waals surface area (Å²) in [4.78, 5) is 3.12. The molecule has 0 fully saturated rings. The highest BCUT2D eigenvalue weighted by molar-refractivity contribution is 7.89. The van der Waals surface area contributed by atoms with Crippen molar-refractivity contribution < 1.29 is 8.42 Å². The van der Waals surface area contributed by atoms with E-state index in [4.69, 9.17) is 5.14 Å². The second-order valence-electron chi connectivity index (χ2n) is 4.14. The van der Waals surface area contributed by atoms with Crippen LogP contribution >= 0.6 is 0 Å². The van der Waals surface area contributed by atoms with Crippen LogP contribution in [0.2, 0.25) is 0 Å². The average Bonchev–Trinajstić information content (AvgIpc) is 2.76. The number of benzene rings is 1. The van der Waals surface area contributed by atoms with Crippen LogP contribution in [0.4, 0.5) is 0 Å². The molecular weight excluding hydrogens is 248 g/mol. The first kappa shape index (κ1) is 14.7. The first-order valence-corrected chi connectivity index (χ1v) is 7.77. The highest BCUT2D eigenvalue weighted by atomic mass is 32.2. The molecule has 0 unspecified atom stereocenters. The number of primary sulfonamides is 1. The Hall–Kier alpha value is -1.33. The summed E-state index contributed by atoms with van der Waals surface area (Å²) >= 11 is 0. The molecule has 0 saturated carbocycles. The van der Waals surface area contributed by atoms with E-state index >= 15 is 0 Å². The second-order valence-corrected chi connectivity index (χ2v) is 5.87. The lowest BCUT2D eigenvalue weighted by Gasteiger charge is -1.94. The van der Waals surface area contributed by atoms with Crippen molar-refractivity contribution in [2.75, 3.05) is 5.75 Å². The predicted molar refractivity (Wildman–Crippen MR) is 75.8 cm³/mol. The SMILES string of the molecule is CCCCCS(N)(=O)=O.c1ccc2[nH]ccc2c1. The van der Waals surface area contributed by atoms with Crippen LogP contribution in [0.3, 0.4) is 0 Å². The van der Waals surface area contributed by atoms with E-state index in [1.807, 2.05) is 25.3 Å². The molecule has 0 saturated heterocycles. The number of nitrogens with one attached hydrogen (secondary N) is 1. The monoisotopic (exact) mass is 268 g/mol. The Balaban J connectivity index is 0.000000180. The van der Waals surface area contributed by atoms with E-state index in [1.165, 1.54) is 10.9 Å². The highest BCUT2D eigenvalue weighted by Gasteiger charge is 1.99. The maximum atomic E-state index is 10.3. The molecule has 4 nitrogen and oxygen atoms in total. The summed E-state index contributed by atoms with van der Waals surface area (Å²) in [6.07, 6.45) is 4.60. The summed E-state index contributed by atoms with van der Waals surface area (Å²) < 4.78 is 20.6. The third kappa shape index (κ3) is 5.84. The van der Waals surface area contributed by atoms with Gasteiger partial charge in [0.25, 0.3) is 0 Å². The minimum atomic E-state index is -3.20. The van der Waals surface area contributed by atoms with Crippen LogP contribution in [0.5, 0.6) is 0 Å². The van der Waals surface area contributed by atoms with Crippen LogP contribution in [0.15, 0.2) is 36.5 Å². The summed E-state index contributed by atoms with van der Waals surface area (Å²) in [7, 11) is -3.20. The van der Waals surface area contributed by atoms with Gasteiger partial charge in [-0.3, -0.25) is 0 Å². The van der Waals surface area contributed by atoms with Gasteiger partial charge in [0.15, 0.2) is 0 Å². The van der Waals surface area contributed by atoms with Crippen molar-refractivity contribution in [2.45, 2.75) is 26.2 Å². The molecule has 0 spiro atoms. The van der Waals surface area contributed by atoms with Gasteiger partial charge in [0, 0.05) is 11.7 Å². The first-order chi connectivity index (χ1) is 8.53. The third-order valence-electron chi connectivity index (χ3n) is 2.49. The number of H-pyrrole nitrogens is 1. The van der Waals surface area contributed by atoms with Crippen LogP contribution in [-0.2, 0) is 10.0 Å². The number of hydrogen-bond acceptors (Lipinski definition) is 2. The van der Waals surface area contributed by atoms with E-state index in [0.29, 0.717) is 6.42 Å². The lowest BCUT2D eigenvalue weighted by Crippen LogP contribution is -2.16. The first-order valence-electron chi connectivity index (χ1n) is 6.05. The summed E-state index contributed by atoms with van der Waals surface area (Å²) in [6.45, 7) is 2.02. The number of unbranched alkanes of at least 4 members (excludes halogenated alkanes) is 2. The predicted octanol–water partition coefficient (Wildman–Crippen LogP) is 2.63. The molecular formula is C13H20N2O2S. The van der Waals surface area contributed by atoms with Gasteiger partial charge in [-0.25, -0.2) is 13.6 Å². The molecule has 3 N–H and O–H groups in total. The largest absolute Gasteiger partial charge is 0.361 e. The molecule has 0 aliphatic rings. The number of nitrogens with two attached hydrogens (primary N) is 1. The van der Waals surface area contributed by atoms with Gasteiger partial charge in [0.2, 0.25) is 10.0 Å². The zero-order chi connectivity index (χ0) is 13.4. The topological polar surface area (TPSA) is 76.0 Å². The minimum absolute atomic E-state index is 0.126. The van der Waals surface area contributed by atoms with Gasteiger partial charge in [0.1, 0.15) is 0 Å². The molecule has 1 aromatic carbocycles. The number of aromatic nitrogens is 1. The number of rotatable bonds is 4. The van der Waals surface area contributed by atoms with Crippen molar-refractivity contribution in [2.24, 2.45) is 5.14 Å². The van der Waals surface area contributed by atoms with Crippen molar-refractivity contribution in [3.63, 3.8) is 0 Å². The minimum Gasteiger partial charge on any atom is -0.361 e. The Morgan fingerprint density at radius 3 is 2.50 bits per heavy atom. The average molecular weight is 268 g/mol. The van der Waals surface area contributed by atoms with Crippen LogP contribution in [0.1, 0.15) is 26.2 Å². The third-order valence-corrected chi connectivity index (χ3v) is 3.35. The lowest BCUT2D eigenvalue weighted by atomic mass is 10.3. The van der Waals surface area contributed by atoms with Gasteiger partial charge in [-0.15, -0.1) is 0 Å². The van der Waals surface area contributed by atoms with Crippen molar-refractivity contribution >= 4 is 20.9 Å². The van der Waals surface area contributed by atoms with Gasteiger partial charge in [-0.2, -0.15) is 0 Å². The Morgan fingerprint density at radius 2 is 1.89 bits per heavy atom. The lowest BCUT2D eigenvalue weighted by molar-refractivity contribution is 0.592. The van der Waals surface area contributed by atoms with E-state index in [1.54, 1.807) is 0 Å². The summed E-state index contributed by atoms with van der Waals surface area (Å²) in [5.74, 6) is 0.126. The van der Waals surface area contributed by atoms with Crippen LogP contribution < -0.4 is 5.14 Å². The van der Waals surface area contributed by atoms with Gasteiger partial charge < -0.3 is 4.98 Å². The molecule has 0 aliphatic carbocycles. The molecule has 0 bridgehead atoms. The molecule has 2 rings (SSSR count). The van der Waals surface area contributed by atoms with Crippen LogP contribution in [0.25, 0.3) is 10.9 Å². The molecule has 1 heterocycles. The smallest absolute Gasteiger partial charge is 0.209 e. The zero-order valence-electron chi connectivity index (χ0n) is 10.6. The fourth-order valence-electron chi connectivity index (χ4n) is 1.55. The van der Waals surface area contributed by atoms with Gasteiger partial charge in [-0.05, 0) is 23.9 Å². The molecule has 0 amide bonds. The van der Waals surface area contributed by atoms with Crippen molar-refractivity contribution in [1.82, 2.24) is 4.98 Å². The Labute approximate surface area is 108 Å². The number of para-hydroxylation sites is 1. The number of fused-ring (bicyclic) bond motifs is 1. The maximum Gasteiger partial charge on any atom is 0.209 e. The Morgan fingerprint density at radius 1 is 1.17 bits per heavy atom. The number of sulfonamides is 1. The van der Waals surface area contributed by atoms with E-state index < -0.39 is 10.0 Å². The normalized spacial score (nSPS) is 11.0. The fraction of sp³-hybridized carbons (Fsp3) is 0.385. The van der Waals surface area contributed by atoms with Crippen molar-refractivity contribution in [3.8, 4) is 0 Å². The molecule has 0 aliphatic heterocycles. The fourth-order valence-corrected chi connectivity index (χ4v) is 2.15. The van der Waals surface area contributed by atoms with Gasteiger partial charge >= 0.3 is 0 Å². The summed E-state index contributed by atoms with van der Waals surface area (Å²) in [5.41, 5.74) is 1.21. The summed E-state index contributed by atoms with van der Waals surface area (Å²) in [5, 5.41) is 6.02. The molecule has 0 atom stereocenters. The zero-order valence-corrected chi connectivity index (χ0v) is 11.4. The summed E-state index contributed by atoms with van der Waals surface area (Å²) in [6, 6.07) is 10.3. The van der Waals surface area contributed by atoms with E-state index in [9.17, 15) is 8.42 Å². The molecule has 0 radical (unpaired) electrons. The highest BCUT2D eigenvalue weighted by Crippen LogP contribution is 2.09. The van der Waals surface area contributed by atoms with E-state index in [0.717, 1.165) is 12.8 Å². The van der Waals surface area contributed by atoms with Crippen molar-refractivity contribution in [3.05, 3.63) is 36.5 Å². The van der Waals surface area contributed by atoms with E-state index in [2.05, 4.69) is 23.2 Å². The quantitative estimate of drug-likeness (QED) is 0.836. The van der Waals surface area contributed by atoms with Crippen LogP contribution in [-0.4, -0.2) is 19.2 Å². The van der Waals surface area contributed by atoms with Gasteiger partial charge in [-0.1, -0.05) is 38.0 Å². The van der Waals surface area contributed by atoms with Crippen LogP contribution in [0, 0.1) is 0 Å². The molecule has 1 aromatic heterocycles.